The van der Waals surface area contributed by atoms with E-state index in [9.17, 15) is 9.59 Å². The van der Waals surface area contributed by atoms with Crippen molar-refractivity contribution >= 4 is 39.3 Å². The maximum Gasteiger partial charge on any atom is 0.315 e. The number of thiophene rings is 1. The molecule has 1 N–H and O–H groups in total. The van der Waals surface area contributed by atoms with E-state index >= 15 is 0 Å². The summed E-state index contributed by atoms with van der Waals surface area (Å²) in [6.45, 7) is 0. The molecule has 0 atom stereocenters. The van der Waals surface area contributed by atoms with Crippen LogP contribution in [0.4, 0.5) is 0 Å². The van der Waals surface area contributed by atoms with Crippen LogP contribution in [0.15, 0.2) is 4.79 Å². The van der Waals surface area contributed by atoms with Crippen molar-refractivity contribution in [3.63, 3.8) is 0 Å². The van der Waals surface area contributed by atoms with E-state index in [2.05, 4.69) is 14.7 Å². The maximum absolute atomic E-state index is 12.2. The number of carbonyl (C=O) groups is 1. The molecular weight excluding hydrogens is 296 g/mol. The second kappa shape index (κ2) is 5.57. The number of hydrogen-bond donors (Lipinski definition) is 1. The summed E-state index contributed by atoms with van der Waals surface area (Å²) in [5.74, 6) is 1.12. The predicted octanol–water partition coefficient (Wildman–Crippen LogP) is 1.88. The molecule has 20 heavy (non-hydrogen) atoms. The van der Waals surface area contributed by atoms with Crippen LogP contribution in [0.2, 0.25) is 0 Å². The standard InChI is InChI=1S/C13H14N2O3S2/c1-18-10(16)6-19-5-9-14-12(17)11-7-3-2-4-8(7)20-13(11)15-9/h2-6H2,1H3,(H,14,15,17). The first-order chi connectivity index (χ1) is 9.69. The molecule has 7 heteroatoms. The van der Waals surface area contributed by atoms with Gasteiger partial charge in [0, 0.05) is 4.88 Å². The van der Waals surface area contributed by atoms with Crippen LogP contribution in [-0.4, -0.2) is 28.8 Å². The van der Waals surface area contributed by atoms with E-state index in [0.29, 0.717) is 11.6 Å². The Morgan fingerprint density at radius 3 is 3.15 bits per heavy atom. The topological polar surface area (TPSA) is 72.0 Å². The number of fused-ring (bicyclic) bond motifs is 3. The normalized spacial score (nSPS) is 13.7. The van der Waals surface area contributed by atoms with E-state index < -0.39 is 0 Å². The molecule has 1 aliphatic rings. The summed E-state index contributed by atoms with van der Waals surface area (Å²) in [6, 6.07) is 0. The quantitative estimate of drug-likeness (QED) is 0.873. The third-order valence-corrected chi connectivity index (χ3v) is 5.41. The van der Waals surface area contributed by atoms with Gasteiger partial charge >= 0.3 is 5.97 Å². The first-order valence-electron chi connectivity index (χ1n) is 6.37. The van der Waals surface area contributed by atoms with Gasteiger partial charge in [0.1, 0.15) is 10.7 Å². The predicted molar refractivity (Wildman–Crippen MR) is 80.4 cm³/mol. The van der Waals surface area contributed by atoms with Crippen LogP contribution >= 0.6 is 23.1 Å². The molecule has 2 aromatic heterocycles. The number of hydrogen-bond acceptors (Lipinski definition) is 6. The van der Waals surface area contributed by atoms with Gasteiger partial charge in [-0.3, -0.25) is 9.59 Å². The number of aryl methyl sites for hydroxylation is 2. The van der Waals surface area contributed by atoms with Crippen LogP contribution in [0.1, 0.15) is 22.7 Å². The summed E-state index contributed by atoms with van der Waals surface area (Å²) in [5, 5.41) is 0.768. The molecular formula is C13H14N2O3S2. The molecule has 0 bridgehead atoms. The van der Waals surface area contributed by atoms with Crippen LogP contribution < -0.4 is 5.56 Å². The zero-order valence-corrected chi connectivity index (χ0v) is 12.7. The molecule has 0 radical (unpaired) electrons. The van der Waals surface area contributed by atoms with E-state index in [1.807, 2.05) is 0 Å². The summed E-state index contributed by atoms with van der Waals surface area (Å²) in [7, 11) is 1.36. The largest absolute Gasteiger partial charge is 0.468 e. The van der Waals surface area contributed by atoms with Gasteiger partial charge in [-0.25, -0.2) is 4.98 Å². The second-order valence-corrected chi connectivity index (χ2v) is 6.69. The SMILES string of the molecule is COC(=O)CSCc1nc2sc3c(c2c(=O)[nH]1)CCC3. The monoisotopic (exact) mass is 310 g/mol. The highest BCUT2D eigenvalue weighted by atomic mass is 32.2. The Morgan fingerprint density at radius 1 is 1.50 bits per heavy atom. The molecule has 0 amide bonds. The van der Waals surface area contributed by atoms with E-state index in [1.54, 1.807) is 11.3 Å². The lowest BCUT2D eigenvalue weighted by molar-refractivity contribution is -0.137. The van der Waals surface area contributed by atoms with Crippen molar-refractivity contribution in [1.82, 2.24) is 9.97 Å². The molecule has 0 spiro atoms. The number of H-pyrrole nitrogens is 1. The highest BCUT2D eigenvalue weighted by Crippen LogP contribution is 2.34. The number of ether oxygens (including phenoxy) is 1. The van der Waals surface area contributed by atoms with Crippen molar-refractivity contribution in [2.75, 3.05) is 12.9 Å². The van der Waals surface area contributed by atoms with Gasteiger partial charge in [-0.05, 0) is 24.8 Å². The van der Waals surface area contributed by atoms with Crippen molar-refractivity contribution in [2.24, 2.45) is 0 Å². The molecule has 5 nitrogen and oxygen atoms in total. The minimum Gasteiger partial charge on any atom is -0.468 e. The van der Waals surface area contributed by atoms with Crippen molar-refractivity contribution in [3.8, 4) is 0 Å². The third-order valence-electron chi connectivity index (χ3n) is 3.31. The molecule has 1 aliphatic carbocycles. The lowest BCUT2D eigenvalue weighted by atomic mass is 10.2. The van der Waals surface area contributed by atoms with Crippen LogP contribution in [0.5, 0.6) is 0 Å². The highest BCUT2D eigenvalue weighted by molar-refractivity contribution is 7.99. The molecule has 0 fully saturated rings. The van der Waals surface area contributed by atoms with Crippen molar-refractivity contribution in [3.05, 3.63) is 26.6 Å². The number of aromatic amines is 1. The van der Waals surface area contributed by atoms with Crippen molar-refractivity contribution in [2.45, 2.75) is 25.0 Å². The Balaban J connectivity index is 1.84. The Labute approximate surface area is 123 Å². The summed E-state index contributed by atoms with van der Waals surface area (Å²) in [6.07, 6.45) is 3.17. The lowest BCUT2D eigenvalue weighted by Gasteiger charge is -2.01. The lowest BCUT2D eigenvalue weighted by Crippen LogP contribution is -2.12. The summed E-state index contributed by atoms with van der Waals surface area (Å²) < 4.78 is 4.57. The van der Waals surface area contributed by atoms with E-state index in [-0.39, 0.29) is 17.3 Å². The molecule has 2 heterocycles. The van der Waals surface area contributed by atoms with Crippen molar-refractivity contribution < 1.29 is 9.53 Å². The van der Waals surface area contributed by atoms with Gasteiger partial charge in [-0.2, -0.15) is 0 Å². The molecule has 0 saturated heterocycles. The van der Waals surface area contributed by atoms with Gasteiger partial charge in [-0.1, -0.05) is 0 Å². The Morgan fingerprint density at radius 2 is 2.35 bits per heavy atom. The molecule has 0 aromatic carbocycles. The average Bonchev–Trinajstić information content (AvgIpc) is 2.98. The van der Waals surface area contributed by atoms with Gasteiger partial charge in [0.15, 0.2) is 0 Å². The van der Waals surface area contributed by atoms with Crippen LogP contribution in [0.25, 0.3) is 10.2 Å². The third kappa shape index (κ3) is 2.47. The van der Waals surface area contributed by atoms with Crippen LogP contribution in [0, 0.1) is 0 Å². The van der Waals surface area contributed by atoms with E-state index in [1.165, 1.54) is 29.3 Å². The molecule has 106 valence electrons. The number of nitrogens with one attached hydrogen (secondary N) is 1. The van der Waals surface area contributed by atoms with E-state index in [0.717, 1.165) is 29.5 Å². The number of aromatic nitrogens is 2. The smallest absolute Gasteiger partial charge is 0.315 e. The number of carbonyl (C=O) groups excluding carboxylic acids is 1. The fourth-order valence-electron chi connectivity index (χ4n) is 2.41. The molecule has 2 aromatic rings. The van der Waals surface area contributed by atoms with E-state index in [4.69, 9.17) is 0 Å². The van der Waals surface area contributed by atoms with Gasteiger partial charge < -0.3 is 9.72 Å². The Kier molecular flexibility index (Phi) is 3.80. The fourth-order valence-corrected chi connectivity index (χ4v) is 4.40. The summed E-state index contributed by atoms with van der Waals surface area (Å²) in [4.78, 5) is 32.7. The fraction of sp³-hybridized carbons (Fsp3) is 0.462. The first-order valence-corrected chi connectivity index (χ1v) is 8.34. The summed E-state index contributed by atoms with van der Waals surface area (Å²) in [5.41, 5.74) is 1.13. The molecule has 0 unspecified atom stereocenters. The molecule has 0 saturated carbocycles. The maximum atomic E-state index is 12.2. The van der Waals surface area contributed by atoms with Crippen molar-refractivity contribution in [1.29, 1.82) is 0 Å². The zero-order chi connectivity index (χ0) is 14.1. The number of esters is 1. The first kappa shape index (κ1) is 13.6. The molecule has 3 rings (SSSR count). The molecule has 0 aliphatic heterocycles. The van der Waals surface area contributed by atoms with Crippen LogP contribution in [0.3, 0.4) is 0 Å². The minimum absolute atomic E-state index is 0.0527. The number of rotatable bonds is 4. The van der Waals surface area contributed by atoms with Crippen LogP contribution in [-0.2, 0) is 28.1 Å². The number of nitrogens with zero attached hydrogens (tertiary/aromatic N) is 1. The van der Waals surface area contributed by atoms with Gasteiger partial charge in [0.25, 0.3) is 5.56 Å². The average molecular weight is 310 g/mol. The highest BCUT2D eigenvalue weighted by Gasteiger charge is 2.21. The van der Waals surface area contributed by atoms with Gasteiger partial charge in [0.05, 0.1) is 24.0 Å². The Hall–Kier alpha value is -1.34. The summed E-state index contributed by atoms with van der Waals surface area (Å²) >= 11 is 3.01. The number of methoxy groups -OCH3 is 1. The number of thioether (sulfide) groups is 1. The second-order valence-electron chi connectivity index (χ2n) is 4.62. The van der Waals surface area contributed by atoms with Gasteiger partial charge in [-0.15, -0.1) is 23.1 Å². The van der Waals surface area contributed by atoms with Gasteiger partial charge in [0.2, 0.25) is 0 Å². The Bertz CT molecular complexity index is 720. The zero-order valence-electron chi connectivity index (χ0n) is 11.0. The minimum atomic E-state index is -0.270.